The van der Waals surface area contributed by atoms with Crippen LogP contribution in [0, 0.1) is 6.92 Å². The highest BCUT2D eigenvalue weighted by molar-refractivity contribution is 6.05. The Kier molecular flexibility index (Phi) is 7.90. The number of nitrogens with one attached hydrogen (secondary N) is 2. The summed E-state index contributed by atoms with van der Waals surface area (Å²) in [6.45, 7) is 6.31. The molecule has 0 aliphatic rings. The van der Waals surface area contributed by atoms with Gasteiger partial charge in [-0.05, 0) is 74.9 Å². The molecule has 0 atom stereocenters. The van der Waals surface area contributed by atoms with E-state index in [1.54, 1.807) is 61.6 Å². The highest BCUT2D eigenvalue weighted by Crippen LogP contribution is 2.38. The molecule has 0 saturated carbocycles. The van der Waals surface area contributed by atoms with Crippen LogP contribution in [0.1, 0.15) is 35.3 Å². The molecular weight excluding hydrogens is 493 g/mol. The van der Waals surface area contributed by atoms with Crippen LogP contribution in [0.4, 0.5) is 36.2 Å². The minimum atomic E-state index is -4.57. The van der Waals surface area contributed by atoms with Gasteiger partial charge in [0.1, 0.15) is 0 Å². The molecule has 0 unspecified atom stereocenters. The van der Waals surface area contributed by atoms with Crippen molar-refractivity contribution in [1.29, 1.82) is 0 Å². The zero-order chi connectivity index (χ0) is 27.3. The smallest absolute Gasteiger partial charge is 0.372 e. The van der Waals surface area contributed by atoms with E-state index >= 15 is 0 Å². The Morgan fingerprint density at radius 2 is 1.79 bits per heavy atom. The first-order valence-corrected chi connectivity index (χ1v) is 12.1. The zero-order valence-corrected chi connectivity index (χ0v) is 21.2. The molecule has 0 aliphatic carbocycles. The number of benzene rings is 2. The van der Waals surface area contributed by atoms with E-state index in [9.17, 15) is 18.0 Å². The average Bonchev–Trinajstić information content (AvgIpc) is 2.91. The minimum absolute atomic E-state index is 0.0563. The number of hydrogen-bond donors (Lipinski definition) is 2. The van der Waals surface area contributed by atoms with E-state index in [4.69, 9.17) is 0 Å². The molecule has 4 rings (SSSR count). The zero-order valence-electron chi connectivity index (χ0n) is 21.2. The molecule has 4 aromatic rings. The first kappa shape index (κ1) is 26.6. The summed E-state index contributed by atoms with van der Waals surface area (Å²) in [7, 11) is 0. The van der Waals surface area contributed by atoms with Gasteiger partial charge >= 0.3 is 6.18 Å². The second-order valence-corrected chi connectivity index (χ2v) is 8.52. The van der Waals surface area contributed by atoms with E-state index in [2.05, 4.69) is 25.6 Å². The van der Waals surface area contributed by atoms with Gasteiger partial charge in [-0.25, -0.2) is 9.97 Å². The summed E-state index contributed by atoms with van der Waals surface area (Å²) in [6.07, 6.45) is 0.418. The van der Waals surface area contributed by atoms with Gasteiger partial charge in [-0.2, -0.15) is 13.2 Å². The lowest BCUT2D eigenvalue weighted by atomic mass is 10.1. The van der Waals surface area contributed by atoms with Crippen molar-refractivity contribution in [2.45, 2.75) is 26.9 Å². The molecule has 0 saturated heterocycles. The maximum Gasteiger partial charge on any atom is 0.418 e. The van der Waals surface area contributed by atoms with Crippen LogP contribution in [0.15, 0.2) is 73.2 Å². The van der Waals surface area contributed by atoms with Crippen molar-refractivity contribution < 1.29 is 18.0 Å². The number of halogens is 3. The molecule has 0 bridgehead atoms. The van der Waals surface area contributed by atoms with E-state index in [0.29, 0.717) is 30.4 Å². The topological polar surface area (TPSA) is 83.0 Å². The van der Waals surface area contributed by atoms with Crippen LogP contribution >= 0.6 is 0 Å². The molecule has 0 fully saturated rings. The summed E-state index contributed by atoms with van der Waals surface area (Å²) in [5, 5.41) is 5.72. The number of anilines is 4. The molecule has 1 amide bonds. The van der Waals surface area contributed by atoms with Crippen molar-refractivity contribution >= 4 is 28.9 Å². The minimum Gasteiger partial charge on any atom is -0.372 e. The molecule has 2 aromatic carbocycles. The fourth-order valence-corrected chi connectivity index (χ4v) is 4.00. The maximum atomic E-state index is 13.8. The molecular formula is C28H27F3N6O. The average molecular weight is 521 g/mol. The monoisotopic (exact) mass is 520 g/mol. The number of pyridine rings is 1. The third-order valence-corrected chi connectivity index (χ3v) is 6.02. The van der Waals surface area contributed by atoms with Gasteiger partial charge in [0.2, 0.25) is 5.95 Å². The van der Waals surface area contributed by atoms with Crippen molar-refractivity contribution in [3.05, 3.63) is 89.9 Å². The van der Waals surface area contributed by atoms with Crippen LogP contribution in [0.2, 0.25) is 0 Å². The van der Waals surface area contributed by atoms with Gasteiger partial charge in [-0.1, -0.05) is 6.07 Å². The number of aryl methyl sites for hydroxylation is 1. The van der Waals surface area contributed by atoms with E-state index in [1.165, 1.54) is 12.1 Å². The van der Waals surface area contributed by atoms with Gasteiger partial charge < -0.3 is 15.5 Å². The van der Waals surface area contributed by atoms with Gasteiger partial charge in [0, 0.05) is 59.9 Å². The third-order valence-electron chi connectivity index (χ3n) is 6.02. The number of rotatable bonds is 8. The van der Waals surface area contributed by atoms with E-state index in [-0.39, 0.29) is 16.9 Å². The van der Waals surface area contributed by atoms with Gasteiger partial charge in [-0.15, -0.1) is 0 Å². The number of aromatic nitrogens is 3. The number of nitrogens with zero attached hydrogens (tertiary/aromatic N) is 4. The number of alkyl halides is 3. The van der Waals surface area contributed by atoms with Crippen molar-refractivity contribution in [2.75, 3.05) is 28.6 Å². The highest BCUT2D eigenvalue weighted by Gasteiger charge is 2.35. The largest absolute Gasteiger partial charge is 0.418 e. The molecule has 7 nitrogen and oxygen atoms in total. The highest BCUT2D eigenvalue weighted by atomic mass is 19.4. The predicted molar refractivity (Wildman–Crippen MR) is 143 cm³/mol. The Bertz CT molecular complexity index is 1420. The molecule has 10 heteroatoms. The van der Waals surface area contributed by atoms with Crippen LogP contribution in [0.5, 0.6) is 0 Å². The Morgan fingerprint density at radius 3 is 2.47 bits per heavy atom. The van der Waals surface area contributed by atoms with Gasteiger partial charge in [0.25, 0.3) is 5.91 Å². The summed E-state index contributed by atoms with van der Waals surface area (Å²) in [5.41, 5.74) is 2.54. The van der Waals surface area contributed by atoms with Gasteiger partial charge in [0.05, 0.1) is 11.3 Å². The number of carbonyl (C=O) groups excluding carboxylic acids is 1. The molecule has 38 heavy (non-hydrogen) atoms. The number of carbonyl (C=O) groups is 1. The SMILES string of the molecule is CCN(CC)c1ccc(NC(=O)c2ccc(C)c(Nc3nccc(-c4cccnc4)n3)c2)cc1C(F)(F)F. The first-order chi connectivity index (χ1) is 18.2. The maximum absolute atomic E-state index is 13.8. The van der Waals surface area contributed by atoms with Crippen LogP contribution in [-0.2, 0) is 6.18 Å². The van der Waals surface area contributed by atoms with E-state index < -0.39 is 17.6 Å². The Morgan fingerprint density at radius 1 is 1.00 bits per heavy atom. The van der Waals surface area contributed by atoms with Gasteiger partial charge in [-0.3, -0.25) is 9.78 Å². The second-order valence-electron chi connectivity index (χ2n) is 8.52. The molecule has 0 spiro atoms. The van der Waals surface area contributed by atoms with Crippen molar-refractivity contribution in [3.8, 4) is 11.3 Å². The first-order valence-electron chi connectivity index (χ1n) is 12.1. The summed E-state index contributed by atoms with van der Waals surface area (Å²) < 4.78 is 41.4. The van der Waals surface area contributed by atoms with Crippen molar-refractivity contribution in [2.24, 2.45) is 0 Å². The van der Waals surface area contributed by atoms with Crippen LogP contribution in [0.25, 0.3) is 11.3 Å². The third kappa shape index (κ3) is 6.08. The quantitative estimate of drug-likeness (QED) is 0.269. The molecule has 0 aliphatic heterocycles. The standard InChI is InChI=1S/C28H27F3N6O/c1-4-37(5-2)25-11-10-21(16-22(25)28(29,30)31)34-26(38)19-9-8-18(3)24(15-19)36-27-33-14-12-23(35-27)20-7-6-13-32-17-20/h6-17H,4-5H2,1-3H3,(H,34,38)(H,33,35,36). The predicted octanol–water partition coefficient (Wildman–Crippen LogP) is 6.71. The normalized spacial score (nSPS) is 11.2. The lowest BCUT2D eigenvalue weighted by molar-refractivity contribution is -0.137. The van der Waals surface area contributed by atoms with Gasteiger partial charge in [0.15, 0.2) is 0 Å². The molecule has 2 aromatic heterocycles. The Hall–Kier alpha value is -4.47. The Balaban J connectivity index is 1.57. The molecule has 0 radical (unpaired) electrons. The van der Waals surface area contributed by atoms with E-state index in [0.717, 1.165) is 17.2 Å². The molecule has 2 N–H and O–H groups in total. The Labute approximate surface area is 218 Å². The lowest BCUT2D eigenvalue weighted by Gasteiger charge is -2.25. The fourth-order valence-electron chi connectivity index (χ4n) is 4.00. The van der Waals surface area contributed by atoms with Crippen LogP contribution in [-0.4, -0.2) is 33.9 Å². The lowest BCUT2D eigenvalue weighted by Crippen LogP contribution is -2.25. The van der Waals surface area contributed by atoms with Crippen molar-refractivity contribution in [1.82, 2.24) is 15.0 Å². The van der Waals surface area contributed by atoms with Crippen molar-refractivity contribution in [3.63, 3.8) is 0 Å². The molecule has 2 heterocycles. The van der Waals surface area contributed by atoms with E-state index in [1.807, 2.05) is 19.1 Å². The summed E-state index contributed by atoms with van der Waals surface area (Å²) in [4.78, 5) is 27.5. The number of amides is 1. The number of hydrogen-bond acceptors (Lipinski definition) is 6. The van der Waals surface area contributed by atoms with Crippen LogP contribution in [0.3, 0.4) is 0 Å². The summed E-state index contributed by atoms with van der Waals surface area (Å²) in [5.74, 6) is -0.212. The molecule has 196 valence electrons. The summed E-state index contributed by atoms with van der Waals surface area (Å²) in [6, 6.07) is 14.3. The summed E-state index contributed by atoms with van der Waals surface area (Å²) >= 11 is 0. The second kappa shape index (κ2) is 11.3. The fraction of sp³-hybridized carbons (Fsp3) is 0.214. The van der Waals surface area contributed by atoms with Crippen LogP contribution < -0.4 is 15.5 Å².